The molecule has 3 nitrogen and oxygen atoms in total. The fourth-order valence-electron chi connectivity index (χ4n) is 1.36. The fourth-order valence-corrected chi connectivity index (χ4v) is 2.59. The van der Waals surface area contributed by atoms with Crippen molar-refractivity contribution in [2.45, 2.75) is 6.54 Å². The van der Waals surface area contributed by atoms with E-state index in [-0.39, 0.29) is 0 Å². The van der Waals surface area contributed by atoms with Crippen molar-refractivity contribution < 1.29 is 4.74 Å². The van der Waals surface area contributed by atoms with Crippen molar-refractivity contribution in [2.75, 3.05) is 7.11 Å². The molecule has 2 aromatic rings. The van der Waals surface area contributed by atoms with E-state index in [1.807, 2.05) is 23.6 Å². The summed E-state index contributed by atoms with van der Waals surface area (Å²) in [7, 11) is 1.65. The maximum absolute atomic E-state index is 5.54. The Balaban J connectivity index is 2.40. The molecule has 84 valence electrons. The van der Waals surface area contributed by atoms with E-state index in [2.05, 4.69) is 20.9 Å². The average Bonchev–Trinajstić information content (AvgIpc) is 2.77. The number of nitrogens with two attached hydrogens (primary N) is 1. The van der Waals surface area contributed by atoms with Gasteiger partial charge >= 0.3 is 0 Å². The Morgan fingerprint density at radius 1 is 1.50 bits per heavy atom. The minimum Gasteiger partial charge on any atom is -0.497 e. The highest BCUT2D eigenvalue weighted by Gasteiger charge is 2.08. The minimum absolute atomic E-state index is 0.485. The van der Waals surface area contributed by atoms with Crippen LogP contribution < -0.4 is 10.5 Å². The molecule has 1 aromatic heterocycles. The van der Waals surface area contributed by atoms with Crippen LogP contribution in [-0.4, -0.2) is 12.1 Å². The molecule has 0 unspecified atom stereocenters. The zero-order chi connectivity index (χ0) is 11.5. The number of halogens is 1. The first-order valence-corrected chi connectivity index (χ1v) is 6.40. The number of rotatable bonds is 3. The van der Waals surface area contributed by atoms with Crippen LogP contribution in [0.25, 0.3) is 11.3 Å². The van der Waals surface area contributed by atoms with Crippen LogP contribution in [0, 0.1) is 0 Å². The maximum Gasteiger partial charge on any atom is 0.120 e. The largest absolute Gasteiger partial charge is 0.497 e. The predicted octanol–water partition coefficient (Wildman–Crippen LogP) is 3.04. The number of thiazole rings is 1. The second-order valence-corrected chi connectivity index (χ2v) is 4.97. The lowest BCUT2D eigenvalue weighted by Crippen LogP contribution is -1.94. The van der Waals surface area contributed by atoms with Crippen molar-refractivity contribution in [1.82, 2.24) is 4.98 Å². The van der Waals surface area contributed by atoms with Gasteiger partial charge in [-0.05, 0) is 34.1 Å². The summed E-state index contributed by atoms with van der Waals surface area (Å²) in [6.07, 6.45) is 0. The molecular weight excluding hydrogens is 288 g/mol. The van der Waals surface area contributed by atoms with Crippen LogP contribution in [0.4, 0.5) is 0 Å². The lowest BCUT2D eigenvalue weighted by molar-refractivity contribution is 0.414. The van der Waals surface area contributed by atoms with Gasteiger partial charge in [-0.2, -0.15) is 0 Å². The van der Waals surface area contributed by atoms with Crippen LogP contribution in [0.3, 0.4) is 0 Å². The van der Waals surface area contributed by atoms with Crippen molar-refractivity contribution in [2.24, 2.45) is 5.73 Å². The highest BCUT2D eigenvalue weighted by Crippen LogP contribution is 2.31. The maximum atomic E-state index is 5.54. The Bertz CT molecular complexity index is 498. The number of hydrogen-bond donors (Lipinski definition) is 1. The standard InChI is InChI=1S/C11H11BrN2OS/c1-15-7-2-3-8(9(12)4-7)10-6-16-11(5-13)14-10/h2-4,6H,5,13H2,1H3. The van der Waals surface area contributed by atoms with Crippen LogP contribution in [0.2, 0.25) is 0 Å². The van der Waals surface area contributed by atoms with Crippen molar-refractivity contribution in [3.63, 3.8) is 0 Å². The monoisotopic (exact) mass is 298 g/mol. The molecule has 5 heteroatoms. The van der Waals surface area contributed by atoms with Crippen molar-refractivity contribution >= 4 is 27.3 Å². The molecule has 0 spiro atoms. The minimum atomic E-state index is 0.485. The van der Waals surface area contributed by atoms with Gasteiger partial charge in [0, 0.05) is 22.0 Å². The van der Waals surface area contributed by atoms with Crippen LogP contribution in [-0.2, 0) is 6.54 Å². The SMILES string of the molecule is COc1ccc(-c2csc(CN)n2)c(Br)c1. The molecule has 0 aliphatic heterocycles. The van der Waals surface area contributed by atoms with E-state index in [0.29, 0.717) is 6.54 Å². The first kappa shape index (κ1) is 11.6. The topological polar surface area (TPSA) is 48.1 Å². The lowest BCUT2D eigenvalue weighted by Gasteiger charge is -2.04. The quantitative estimate of drug-likeness (QED) is 0.947. The van der Waals surface area contributed by atoms with Crippen LogP contribution in [0.1, 0.15) is 5.01 Å². The van der Waals surface area contributed by atoms with E-state index in [4.69, 9.17) is 10.5 Å². The molecule has 1 aromatic carbocycles. The Morgan fingerprint density at radius 2 is 2.31 bits per heavy atom. The zero-order valence-electron chi connectivity index (χ0n) is 8.74. The van der Waals surface area contributed by atoms with Crippen LogP contribution in [0.15, 0.2) is 28.1 Å². The Labute approximate surface area is 106 Å². The predicted molar refractivity (Wildman–Crippen MR) is 69.7 cm³/mol. The van der Waals surface area contributed by atoms with E-state index in [9.17, 15) is 0 Å². The number of aromatic nitrogens is 1. The molecule has 0 amide bonds. The Kier molecular flexibility index (Phi) is 3.58. The van der Waals surface area contributed by atoms with Gasteiger partial charge in [-0.1, -0.05) is 0 Å². The van der Waals surface area contributed by atoms with Gasteiger partial charge in [0.1, 0.15) is 10.8 Å². The summed E-state index contributed by atoms with van der Waals surface area (Å²) in [4.78, 5) is 4.44. The molecular formula is C11H11BrN2OS. The summed E-state index contributed by atoms with van der Waals surface area (Å²) in [6.45, 7) is 0.485. The highest BCUT2D eigenvalue weighted by molar-refractivity contribution is 9.10. The summed E-state index contributed by atoms with van der Waals surface area (Å²) in [5.74, 6) is 0.824. The molecule has 0 atom stereocenters. The van der Waals surface area contributed by atoms with Gasteiger partial charge in [0.25, 0.3) is 0 Å². The Morgan fingerprint density at radius 3 is 2.88 bits per heavy atom. The number of ether oxygens (including phenoxy) is 1. The summed E-state index contributed by atoms with van der Waals surface area (Å²) >= 11 is 5.08. The highest BCUT2D eigenvalue weighted by atomic mass is 79.9. The van der Waals surface area contributed by atoms with E-state index >= 15 is 0 Å². The fraction of sp³-hybridized carbons (Fsp3) is 0.182. The first-order valence-electron chi connectivity index (χ1n) is 4.73. The molecule has 0 radical (unpaired) electrons. The zero-order valence-corrected chi connectivity index (χ0v) is 11.1. The van der Waals surface area contributed by atoms with Gasteiger partial charge in [0.15, 0.2) is 0 Å². The molecule has 0 aliphatic rings. The smallest absolute Gasteiger partial charge is 0.120 e. The molecule has 0 bridgehead atoms. The average molecular weight is 299 g/mol. The van der Waals surface area contributed by atoms with Gasteiger partial charge in [0.05, 0.1) is 12.8 Å². The second kappa shape index (κ2) is 4.95. The number of methoxy groups -OCH3 is 1. The third kappa shape index (κ3) is 2.26. The van der Waals surface area contributed by atoms with Gasteiger partial charge in [0.2, 0.25) is 0 Å². The molecule has 0 saturated carbocycles. The lowest BCUT2D eigenvalue weighted by atomic mass is 10.2. The number of hydrogen-bond acceptors (Lipinski definition) is 4. The summed E-state index contributed by atoms with van der Waals surface area (Å²) in [5, 5.41) is 2.95. The molecule has 2 N–H and O–H groups in total. The van der Waals surface area contributed by atoms with E-state index < -0.39 is 0 Å². The normalized spacial score (nSPS) is 10.4. The molecule has 2 rings (SSSR count). The van der Waals surface area contributed by atoms with Gasteiger partial charge in [-0.3, -0.25) is 0 Å². The summed E-state index contributed by atoms with van der Waals surface area (Å²) in [6, 6.07) is 5.83. The summed E-state index contributed by atoms with van der Waals surface area (Å²) < 4.78 is 6.12. The van der Waals surface area contributed by atoms with Crippen LogP contribution in [0.5, 0.6) is 5.75 Å². The van der Waals surface area contributed by atoms with Crippen molar-refractivity contribution in [3.8, 4) is 17.0 Å². The van der Waals surface area contributed by atoms with Gasteiger partial charge in [-0.25, -0.2) is 4.98 Å². The molecule has 0 aliphatic carbocycles. The molecule has 0 fully saturated rings. The van der Waals surface area contributed by atoms with Crippen LogP contribution >= 0.6 is 27.3 Å². The number of benzene rings is 1. The van der Waals surface area contributed by atoms with Gasteiger partial charge in [-0.15, -0.1) is 11.3 Å². The van der Waals surface area contributed by atoms with Crippen molar-refractivity contribution in [3.05, 3.63) is 33.1 Å². The van der Waals surface area contributed by atoms with E-state index in [1.165, 1.54) is 0 Å². The Hall–Kier alpha value is -0.910. The van der Waals surface area contributed by atoms with Crippen molar-refractivity contribution in [1.29, 1.82) is 0 Å². The second-order valence-electron chi connectivity index (χ2n) is 3.18. The third-order valence-corrected chi connectivity index (χ3v) is 3.71. The molecule has 0 saturated heterocycles. The van der Waals surface area contributed by atoms with Gasteiger partial charge < -0.3 is 10.5 Å². The summed E-state index contributed by atoms with van der Waals surface area (Å²) in [5.41, 5.74) is 7.54. The van der Waals surface area contributed by atoms with E-state index in [1.54, 1.807) is 18.4 Å². The van der Waals surface area contributed by atoms with E-state index in [0.717, 1.165) is 26.5 Å². The molecule has 1 heterocycles. The number of nitrogens with zero attached hydrogens (tertiary/aromatic N) is 1. The third-order valence-electron chi connectivity index (χ3n) is 2.18. The first-order chi connectivity index (χ1) is 7.74. The molecule has 16 heavy (non-hydrogen) atoms.